The van der Waals surface area contributed by atoms with Gasteiger partial charge in [0.15, 0.2) is 5.78 Å². The SMILES string of the molecule is CC(=O)c1cccc(S(=O)(=O)N(Cc2nnc(-c3ccc(Cl)cc3)o2)C2CC2)c1. The maximum absolute atomic E-state index is 13.2. The molecule has 9 heteroatoms. The number of Topliss-reactive ketones (excluding diaryl/α,β-unsaturated/α-hetero) is 1. The summed E-state index contributed by atoms with van der Waals surface area (Å²) in [4.78, 5) is 11.7. The van der Waals surface area contributed by atoms with Crippen molar-refractivity contribution in [1.29, 1.82) is 0 Å². The Labute approximate surface area is 173 Å². The molecular formula is C20H18ClN3O4S. The molecule has 0 atom stereocenters. The summed E-state index contributed by atoms with van der Waals surface area (Å²) in [5.74, 6) is 0.307. The lowest BCUT2D eigenvalue weighted by Gasteiger charge is -2.20. The number of hydrogen-bond donors (Lipinski definition) is 0. The van der Waals surface area contributed by atoms with Crippen molar-refractivity contribution in [1.82, 2.24) is 14.5 Å². The zero-order chi connectivity index (χ0) is 20.6. The summed E-state index contributed by atoms with van der Waals surface area (Å²) >= 11 is 5.89. The molecule has 0 amide bonds. The Kier molecular flexibility index (Phi) is 5.24. The van der Waals surface area contributed by atoms with E-state index in [2.05, 4.69) is 10.2 Å². The first-order chi connectivity index (χ1) is 13.8. The van der Waals surface area contributed by atoms with Crippen LogP contribution >= 0.6 is 11.6 Å². The van der Waals surface area contributed by atoms with Gasteiger partial charge < -0.3 is 4.42 Å². The van der Waals surface area contributed by atoms with Crippen molar-refractivity contribution >= 4 is 27.4 Å². The van der Waals surface area contributed by atoms with E-state index in [1.807, 2.05) is 0 Å². The highest BCUT2D eigenvalue weighted by atomic mass is 35.5. The van der Waals surface area contributed by atoms with Crippen LogP contribution in [0.15, 0.2) is 57.8 Å². The van der Waals surface area contributed by atoms with Crippen LogP contribution in [0.1, 0.15) is 36.0 Å². The molecule has 1 heterocycles. The zero-order valence-corrected chi connectivity index (χ0v) is 17.2. The molecule has 0 saturated heterocycles. The monoisotopic (exact) mass is 431 g/mol. The molecule has 0 bridgehead atoms. The fourth-order valence-corrected chi connectivity index (χ4v) is 4.75. The van der Waals surface area contributed by atoms with Crippen molar-refractivity contribution in [2.75, 3.05) is 0 Å². The summed E-state index contributed by atoms with van der Waals surface area (Å²) in [5, 5.41) is 8.61. The summed E-state index contributed by atoms with van der Waals surface area (Å²) in [6, 6.07) is 12.9. The standard InChI is InChI=1S/C20H18ClN3O4S/c1-13(25)15-3-2-4-18(11-15)29(26,27)24(17-9-10-17)12-19-22-23-20(28-19)14-5-7-16(21)8-6-14/h2-8,11,17H,9-10,12H2,1H3. The second-order valence-corrected chi connectivity index (χ2v) is 9.20. The second kappa shape index (κ2) is 7.70. The Morgan fingerprint density at radius 1 is 1.17 bits per heavy atom. The highest BCUT2D eigenvalue weighted by Gasteiger charge is 2.39. The smallest absolute Gasteiger partial charge is 0.247 e. The van der Waals surface area contributed by atoms with Crippen LogP contribution in [-0.4, -0.2) is 34.7 Å². The predicted octanol–water partition coefficient (Wildman–Crippen LogP) is 3.95. The molecule has 0 N–H and O–H groups in total. The van der Waals surface area contributed by atoms with Gasteiger partial charge in [-0.25, -0.2) is 8.42 Å². The van der Waals surface area contributed by atoms with Crippen LogP contribution in [0.2, 0.25) is 5.02 Å². The summed E-state index contributed by atoms with van der Waals surface area (Å²) in [6.45, 7) is 1.37. The Hall–Kier alpha value is -2.55. The summed E-state index contributed by atoms with van der Waals surface area (Å²) in [7, 11) is -3.82. The van der Waals surface area contributed by atoms with Crippen LogP contribution in [0.25, 0.3) is 11.5 Å². The van der Waals surface area contributed by atoms with Crippen LogP contribution in [0.3, 0.4) is 0 Å². The lowest BCUT2D eigenvalue weighted by Crippen LogP contribution is -2.33. The molecule has 0 spiro atoms. The molecule has 3 aromatic rings. The maximum Gasteiger partial charge on any atom is 0.247 e. The van der Waals surface area contributed by atoms with E-state index in [1.165, 1.54) is 23.4 Å². The second-order valence-electron chi connectivity index (χ2n) is 6.87. The van der Waals surface area contributed by atoms with Crippen molar-refractivity contribution in [2.45, 2.75) is 37.2 Å². The zero-order valence-electron chi connectivity index (χ0n) is 15.6. The molecule has 2 aromatic carbocycles. The summed E-state index contributed by atoms with van der Waals surface area (Å²) in [5.41, 5.74) is 1.05. The molecule has 1 aliphatic carbocycles. The van der Waals surface area contributed by atoms with E-state index in [-0.39, 0.29) is 29.2 Å². The third-order valence-corrected chi connectivity index (χ3v) is 6.80. The lowest BCUT2D eigenvalue weighted by molar-refractivity contribution is 0.101. The minimum Gasteiger partial charge on any atom is -0.419 e. The Morgan fingerprint density at radius 2 is 1.90 bits per heavy atom. The van der Waals surface area contributed by atoms with Gasteiger partial charge in [0.25, 0.3) is 0 Å². The fraction of sp³-hybridized carbons (Fsp3) is 0.250. The van der Waals surface area contributed by atoms with E-state index in [9.17, 15) is 13.2 Å². The van der Waals surface area contributed by atoms with E-state index >= 15 is 0 Å². The molecule has 1 aliphatic rings. The van der Waals surface area contributed by atoms with Crippen LogP contribution < -0.4 is 0 Å². The number of carbonyl (C=O) groups excluding carboxylic acids is 1. The van der Waals surface area contributed by atoms with Crippen LogP contribution in [0.4, 0.5) is 0 Å². The van der Waals surface area contributed by atoms with E-state index in [1.54, 1.807) is 36.4 Å². The van der Waals surface area contributed by atoms with Crippen molar-refractivity contribution in [3.8, 4) is 11.5 Å². The largest absolute Gasteiger partial charge is 0.419 e. The summed E-state index contributed by atoms with van der Waals surface area (Å²) < 4.78 is 33.5. The molecule has 0 radical (unpaired) electrons. The number of benzene rings is 2. The van der Waals surface area contributed by atoms with Crippen molar-refractivity contribution in [3.63, 3.8) is 0 Å². The van der Waals surface area contributed by atoms with E-state index in [0.717, 1.165) is 12.8 Å². The molecule has 1 fully saturated rings. The first kappa shape index (κ1) is 19.8. The highest BCUT2D eigenvalue weighted by Crippen LogP contribution is 2.34. The number of aromatic nitrogens is 2. The van der Waals surface area contributed by atoms with Gasteiger partial charge in [0, 0.05) is 22.2 Å². The van der Waals surface area contributed by atoms with Gasteiger partial charge >= 0.3 is 0 Å². The highest BCUT2D eigenvalue weighted by molar-refractivity contribution is 7.89. The number of ketones is 1. The molecular weight excluding hydrogens is 414 g/mol. The van der Waals surface area contributed by atoms with Gasteiger partial charge in [-0.05, 0) is 56.2 Å². The van der Waals surface area contributed by atoms with E-state index in [0.29, 0.717) is 22.0 Å². The van der Waals surface area contributed by atoms with Crippen molar-refractivity contribution in [3.05, 3.63) is 65.0 Å². The quantitative estimate of drug-likeness (QED) is 0.526. The molecule has 1 saturated carbocycles. The van der Waals surface area contributed by atoms with Crippen LogP contribution in [0.5, 0.6) is 0 Å². The van der Waals surface area contributed by atoms with Crippen LogP contribution in [-0.2, 0) is 16.6 Å². The fourth-order valence-electron chi connectivity index (χ4n) is 2.94. The molecule has 29 heavy (non-hydrogen) atoms. The number of halogens is 1. The third kappa shape index (κ3) is 4.24. The minimum atomic E-state index is -3.82. The average molecular weight is 432 g/mol. The van der Waals surface area contributed by atoms with Crippen molar-refractivity contribution < 1.29 is 17.6 Å². The van der Waals surface area contributed by atoms with E-state index in [4.69, 9.17) is 16.0 Å². The number of hydrogen-bond acceptors (Lipinski definition) is 6. The summed E-state index contributed by atoms with van der Waals surface area (Å²) in [6.07, 6.45) is 1.54. The number of sulfonamides is 1. The third-order valence-electron chi connectivity index (χ3n) is 4.65. The molecule has 0 unspecified atom stereocenters. The molecule has 4 rings (SSSR count). The van der Waals surface area contributed by atoms with Gasteiger partial charge in [-0.3, -0.25) is 4.79 Å². The normalized spacial score (nSPS) is 14.3. The number of rotatable bonds is 7. The predicted molar refractivity (Wildman–Crippen MR) is 107 cm³/mol. The van der Waals surface area contributed by atoms with Crippen molar-refractivity contribution in [2.24, 2.45) is 0 Å². The first-order valence-corrected chi connectivity index (χ1v) is 10.9. The Morgan fingerprint density at radius 3 is 2.55 bits per heavy atom. The maximum atomic E-state index is 13.2. The van der Waals surface area contributed by atoms with Gasteiger partial charge in [-0.1, -0.05) is 23.7 Å². The van der Waals surface area contributed by atoms with E-state index < -0.39 is 10.0 Å². The molecule has 1 aromatic heterocycles. The van der Waals surface area contributed by atoms with Gasteiger partial charge in [0.2, 0.25) is 21.8 Å². The Balaban J connectivity index is 1.61. The number of nitrogens with zero attached hydrogens (tertiary/aromatic N) is 3. The van der Waals surface area contributed by atoms with Crippen LogP contribution in [0, 0.1) is 0 Å². The molecule has 0 aliphatic heterocycles. The molecule has 150 valence electrons. The first-order valence-electron chi connectivity index (χ1n) is 9.06. The number of carbonyl (C=O) groups is 1. The van der Waals surface area contributed by atoms with Gasteiger partial charge in [-0.2, -0.15) is 4.31 Å². The topological polar surface area (TPSA) is 93.4 Å². The van der Waals surface area contributed by atoms with Gasteiger partial charge in [-0.15, -0.1) is 10.2 Å². The molecule has 7 nitrogen and oxygen atoms in total. The van der Waals surface area contributed by atoms with Gasteiger partial charge in [0.05, 0.1) is 11.4 Å². The minimum absolute atomic E-state index is 0.0299. The van der Waals surface area contributed by atoms with Gasteiger partial charge in [0.1, 0.15) is 0 Å². The lowest BCUT2D eigenvalue weighted by atomic mass is 10.2. The average Bonchev–Trinajstić information content (AvgIpc) is 3.44. The Bertz CT molecular complexity index is 1150.